The van der Waals surface area contributed by atoms with E-state index in [0.717, 1.165) is 19.6 Å². The van der Waals surface area contributed by atoms with E-state index in [-0.39, 0.29) is 5.92 Å². The summed E-state index contributed by atoms with van der Waals surface area (Å²) in [5.41, 5.74) is 0. The quantitative estimate of drug-likeness (QED) is 0.707. The van der Waals surface area contributed by atoms with E-state index in [4.69, 9.17) is 5.11 Å². The Labute approximate surface area is 96.2 Å². The van der Waals surface area contributed by atoms with Gasteiger partial charge in [-0.2, -0.15) is 11.8 Å². The Bertz CT molecular complexity index is 211. The van der Waals surface area contributed by atoms with E-state index in [2.05, 4.69) is 11.8 Å². The maximum absolute atomic E-state index is 10.9. The standard InChI is InChI=1S/C11H21NO2S/c1-3-15-6-4-5-12-7-9(2)10(8-12)11(13)14/h9-10H,3-8H2,1-2H3,(H,13,14). The Morgan fingerprint density at radius 3 is 2.80 bits per heavy atom. The first-order valence-electron chi connectivity index (χ1n) is 5.68. The summed E-state index contributed by atoms with van der Waals surface area (Å²) in [7, 11) is 0. The second-order valence-corrected chi connectivity index (χ2v) is 5.63. The minimum absolute atomic E-state index is 0.149. The van der Waals surface area contributed by atoms with Crippen LogP contribution in [0.4, 0.5) is 0 Å². The predicted octanol–water partition coefficient (Wildman–Crippen LogP) is 1.78. The van der Waals surface area contributed by atoms with Gasteiger partial charge in [0.1, 0.15) is 0 Å². The van der Waals surface area contributed by atoms with E-state index in [1.54, 1.807) is 0 Å². The molecular weight excluding hydrogens is 210 g/mol. The minimum Gasteiger partial charge on any atom is -0.481 e. The molecule has 2 unspecified atom stereocenters. The van der Waals surface area contributed by atoms with Gasteiger partial charge in [-0.05, 0) is 30.4 Å². The first-order chi connectivity index (χ1) is 7.15. The number of thioether (sulfide) groups is 1. The van der Waals surface area contributed by atoms with Crippen LogP contribution >= 0.6 is 11.8 Å². The van der Waals surface area contributed by atoms with Crippen molar-refractivity contribution in [2.45, 2.75) is 20.3 Å². The lowest BCUT2D eigenvalue weighted by Crippen LogP contribution is -2.24. The number of aliphatic carboxylic acids is 1. The van der Waals surface area contributed by atoms with Crippen LogP contribution in [0.2, 0.25) is 0 Å². The number of nitrogens with zero attached hydrogens (tertiary/aromatic N) is 1. The third kappa shape index (κ3) is 4.03. The molecule has 1 heterocycles. The van der Waals surface area contributed by atoms with E-state index in [9.17, 15) is 4.79 Å². The molecule has 0 saturated carbocycles. The number of carboxylic acid groups (broad SMARTS) is 1. The molecule has 1 N–H and O–H groups in total. The second-order valence-electron chi connectivity index (χ2n) is 4.23. The van der Waals surface area contributed by atoms with Gasteiger partial charge in [-0.3, -0.25) is 4.79 Å². The molecule has 0 bridgehead atoms. The third-order valence-corrected chi connectivity index (χ3v) is 3.96. The van der Waals surface area contributed by atoms with Gasteiger partial charge in [0.2, 0.25) is 0 Å². The summed E-state index contributed by atoms with van der Waals surface area (Å²) in [5, 5.41) is 8.98. The zero-order chi connectivity index (χ0) is 11.3. The minimum atomic E-state index is -0.632. The van der Waals surface area contributed by atoms with Crippen molar-refractivity contribution in [1.82, 2.24) is 4.90 Å². The Morgan fingerprint density at radius 1 is 1.53 bits per heavy atom. The maximum Gasteiger partial charge on any atom is 0.308 e. The van der Waals surface area contributed by atoms with E-state index in [0.29, 0.717) is 5.92 Å². The van der Waals surface area contributed by atoms with Crippen LogP contribution in [0.5, 0.6) is 0 Å². The molecule has 88 valence electrons. The predicted molar refractivity (Wildman–Crippen MR) is 64.3 cm³/mol. The van der Waals surface area contributed by atoms with Crippen molar-refractivity contribution in [3.05, 3.63) is 0 Å². The molecule has 0 amide bonds. The molecule has 4 heteroatoms. The summed E-state index contributed by atoms with van der Waals surface area (Å²) in [5.74, 6) is 1.89. The van der Waals surface area contributed by atoms with Gasteiger partial charge in [-0.1, -0.05) is 13.8 Å². The molecule has 0 aromatic rings. The smallest absolute Gasteiger partial charge is 0.308 e. The van der Waals surface area contributed by atoms with Gasteiger partial charge < -0.3 is 10.0 Å². The van der Waals surface area contributed by atoms with Crippen molar-refractivity contribution in [2.24, 2.45) is 11.8 Å². The summed E-state index contributed by atoms with van der Waals surface area (Å²) in [6, 6.07) is 0. The van der Waals surface area contributed by atoms with Gasteiger partial charge in [-0.15, -0.1) is 0 Å². The van der Waals surface area contributed by atoms with Gasteiger partial charge in [0, 0.05) is 13.1 Å². The molecule has 1 rings (SSSR count). The van der Waals surface area contributed by atoms with Crippen molar-refractivity contribution < 1.29 is 9.90 Å². The van der Waals surface area contributed by atoms with Gasteiger partial charge >= 0.3 is 5.97 Å². The fourth-order valence-electron chi connectivity index (χ4n) is 2.11. The highest BCUT2D eigenvalue weighted by Crippen LogP contribution is 2.23. The molecule has 0 aliphatic carbocycles. The Kier molecular flexibility index (Phi) is 5.47. The van der Waals surface area contributed by atoms with Crippen LogP contribution in [0, 0.1) is 11.8 Å². The van der Waals surface area contributed by atoms with Crippen molar-refractivity contribution in [2.75, 3.05) is 31.1 Å². The highest BCUT2D eigenvalue weighted by Gasteiger charge is 2.33. The summed E-state index contributed by atoms with van der Waals surface area (Å²) in [6.45, 7) is 6.96. The summed E-state index contributed by atoms with van der Waals surface area (Å²) < 4.78 is 0. The molecule has 1 saturated heterocycles. The first-order valence-corrected chi connectivity index (χ1v) is 6.83. The van der Waals surface area contributed by atoms with Gasteiger partial charge in [-0.25, -0.2) is 0 Å². The van der Waals surface area contributed by atoms with E-state index in [1.807, 2.05) is 18.7 Å². The van der Waals surface area contributed by atoms with Crippen LogP contribution in [0.3, 0.4) is 0 Å². The molecule has 0 aromatic heterocycles. The highest BCUT2D eigenvalue weighted by atomic mass is 32.2. The van der Waals surface area contributed by atoms with Crippen molar-refractivity contribution in [3.8, 4) is 0 Å². The number of carbonyl (C=O) groups is 1. The van der Waals surface area contributed by atoms with Gasteiger partial charge in [0.05, 0.1) is 5.92 Å². The van der Waals surface area contributed by atoms with Crippen LogP contribution in [-0.4, -0.2) is 47.1 Å². The summed E-state index contributed by atoms with van der Waals surface area (Å²) >= 11 is 1.96. The monoisotopic (exact) mass is 231 g/mol. The van der Waals surface area contributed by atoms with Gasteiger partial charge in [0.15, 0.2) is 0 Å². The van der Waals surface area contributed by atoms with Crippen molar-refractivity contribution >= 4 is 17.7 Å². The lowest BCUT2D eigenvalue weighted by atomic mass is 9.99. The van der Waals surface area contributed by atoms with E-state index in [1.165, 1.54) is 17.9 Å². The average Bonchev–Trinajstić information content (AvgIpc) is 2.55. The van der Waals surface area contributed by atoms with Crippen LogP contribution in [0.25, 0.3) is 0 Å². The van der Waals surface area contributed by atoms with Crippen LogP contribution in [0.15, 0.2) is 0 Å². The Balaban J connectivity index is 2.20. The van der Waals surface area contributed by atoms with E-state index >= 15 is 0 Å². The zero-order valence-corrected chi connectivity index (χ0v) is 10.4. The Hall–Kier alpha value is -0.220. The van der Waals surface area contributed by atoms with Crippen molar-refractivity contribution in [3.63, 3.8) is 0 Å². The molecule has 0 radical (unpaired) electrons. The zero-order valence-electron chi connectivity index (χ0n) is 9.61. The molecule has 1 aliphatic heterocycles. The first kappa shape index (κ1) is 12.8. The second kappa shape index (κ2) is 6.38. The molecular formula is C11H21NO2S. The largest absolute Gasteiger partial charge is 0.481 e. The van der Waals surface area contributed by atoms with Crippen LogP contribution in [-0.2, 0) is 4.79 Å². The third-order valence-electron chi connectivity index (χ3n) is 2.97. The lowest BCUT2D eigenvalue weighted by molar-refractivity contribution is -0.142. The average molecular weight is 231 g/mol. The van der Waals surface area contributed by atoms with Crippen molar-refractivity contribution in [1.29, 1.82) is 0 Å². The number of hydrogen-bond donors (Lipinski definition) is 1. The maximum atomic E-state index is 10.9. The number of rotatable bonds is 6. The normalized spacial score (nSPS) is 27.1. The SMILES string of the molecule is CCSCCCN1CC(C)C(C(=O)O)C1. The fraction of sp³-hybridized carbons (Fsp3) is 0.909. The Morgan fingerprint density at radius 2 is 2.27 bits per heavy atom. The molecule has 1 fully saturated rings. The highest BCUT2D eigenvalue weighted by molar-refractivity contribution is 7.99. The molecule has 3 nitrogen and oxygen atoms in total. The lowest BCUT2D eigenvalue weighted by Gasteiger charge is -2.14. The van der Waals surface area contributed by atoms with E-state index < -0.39 is 5.97 Å². The number of hydrogen-bond acceptors (Lipinski definition) is 3. The number of likely N-dealkylation sites (tertiary alicyclic amines) is 1. The molecule has 0 spiro atoms. The fourth-order valence-corrected chi connectivity index (χ4v) is 2.73. The van der Waals surface area contributed by atoms with Gasteiger partial charge in [0.25, 0.3) is 0 Å². The summed E-state index contributed by atoms with van der Waals surface area (Å²) in [4.78, 5) is 13.2. The van der Waals surface area contributed by atoms with Crippen LogP contribution in [0.1, 0.15) is 20.3 Å². The molecule has 0 aromatic carbocycles. The topological polar surface area (TPSA) is 40.5 Å². The van der Waals surface area contributed by atoms with Crippen LogP contribution < -0.4 is 0 Å². The number of carboxylic acids is 1. The molecule has 15 heavy (non-hydrogen) atoms. The molecule has 1 aliphatic rings. The summed E-state index contributed by atoms with van der Waals surface area (Å²) in [6.07, 6.45) is 1.18. The molecule has 2 atom stereocenters.